The first-order chi connectivity index (χ1) is 14.6. The lowest BCUT2D eigenvalue weighted by molar-refractivity contribution is 0.101. The minimum atomic E-state index is -0.244. The van der Waals surface area contributed by atoms with Gasteiger partial charge in [0.05, 0.1) is 18.5 Å². The molecule has 0 N–H and O–H groups in total. The number of allylic oxidation sites excluding steroid dienone is 5. The molecule has 0 aromatic heterocycles. The molecule has 0 saturated carbocycles. The van der Waals surface area contributed by atoms with Gasteiger partial charge in [0.2, 0.25) is 5.78 Å². The zero-order valence-electron chi connectivity index (χ0n) is 16.0. The van der Waals surface area contributed by atoms with Gasteiger partial charge in [-0.05, 0) is 60.2 Å². The van der Waals surface area contributed by atoms with Crippen LogP contribution in [0.3, 0.4) is 0 Å². The van der Waals surface area contributed by atoms with Gasteiger partial charge in [-0.25, -0.2) is 0 Å². The van der Waals surface area contributed by atoms with E-state index in [9.17, 15) is 15.3 Å². The third kappa shape index (κ3) is 4.57. The molecule has 0 amide bonds. The number of Topliss-reactive ketones (excluding diaryl/α,β-unsaturated/α-hetero) is 1. The van der Waals surface area contributed by atoms with Crippen molar-refractivity contribution < 1.29 is 9.53 Å². The first kappa shape index (κ1) is 20.9. The molecule has 2 aromatic rings. The monoisotopic (exact) mass is 457 g/mol. The largest absolute Gasteiger partial charge is 0.497 e. The lowest BCUT2D eigenvalue weighted by Crippen LogP contribution is -2.24. The topological polar surface area (TPSA) is 77.1 Å². The van der Waals surface area contributed by atoms with Crippen LogP contribution in [0, 0.1) is 22.7 Å². The number of hydrogen-bond acceptors (Lipinski definition) is 5. The molecule has 1 aliphatic rings. The van der Waals surface area contributed by atoms with Gasteiger partial charge >= 0.3 is 0 Å². The van der Waals surface area contributed by atoms with E-state index in [4.69, 9.17) is 4.74 Å². The van der Waals surface area contributed by atoms with Crippen LogP contribution in [0.15, 0.2) is 94.4 Å². The predicted molar refractivity (Wildman–Crippen MR) is 118 cm³/mol. The molecule has 0 radical (unpaired) electrons. The molecular weight excluding hydrogens is 442 g/mol. The molecule has 2 aromatic carbocycles. The van der Waals surface area contributed by atoms with Crippen molar-refractivity contribution in [2.24, 2.45) is 0 Å². The molecule has 30 heavy (non-hydrogen) atoms. The summed E-state index contributed by atoms with van der Waals surface area (Å²) >= 11 is 3.37. The highest BCUT2D eigenvalue weighted by Crippen LogP contribution is 2.27. The minimum Gasteiger partial charge on any atom is -0.497 e. The summed E-state index contributed by atoms with van der Waals surface area (Å²) in [6.07, 6.45) is 8.48. The van der Waals surface area contributed by atoms with Gasteiger partial charge < -0.3 is 9.64 Å². The van der Waals surface area contributed by atoms with Gasteiger partial charge in [0, 0.05) is 16.2 Å². The Balaban J connectivity index is 2.16. The van der Waals surface area contributed by atoms with Gasteiger partial charge in [-0.1, -0.05) is 34.1 Å². The standard InChI is InChI=1S/C24H16BrN3O2/c1-30-21-11-5-17(6-12-21)14-23(24(29)18-7-9-20(25)10-8-18)28-13-3-2-4-22(28)19(15-26)16-27/h2-14H,1H3/b23-14-. The summed E-state index contributed by atoms with van der Waals surface area (Å²) in [4.78, 5) is 15.0. The van der Waals surface area contributed by atoms with Gasteiger partial charge in [-0.2, -0.15) is 10.5 Å². The molecule has 0 atom stereocenters. The summed E-state index contributed by atoms with van der Waals surface area (Å²) < 4.78 is 6.05. The number of hydrogen-bond donors (Lipinski definition) is 0. The number of methoxy groups -OCH3 is 1. The minimum absolute atomic E-state index is 0.0835. The number of carbonyl (C=O) groups is 1. The van der Waals surface area contributed by atoms with E-state index in [0.717, 1.165) is 10.0 Å². The molecule has 0 unspecified atom stereocenters. The van der Waals surface area contributed by atoms with Crippen LogP contribution in [0.4, 0.5) is 0 Å². The molecule has 146 valence electrons. The number of rotatable bonds is 5. The molecule has 5 nitrogen and oxygen atoms in total. The van der Waals surface area contributed by atoms with E-state index in [1.165, 1.54) is 0 Å². The Bertz CT molecular complexity index is 1140. The van der Waals surface area contributed by atoms with E-state index in [0.29, 0.717) is 22.7 Å². The summed E-state index contributed by atoms with van der Waals surface area (Å²) in [6.45, 7) is 0. The molecular formula is C24H16BrN3O2. The van der Waals surface area contributed by atoms with Crippen LogP contribution in [-0.4, -0.2) is 17.8 Å². The molecule has 1 aliphatic heterocycles. The maximum absolute atomic E-state index is 13.4. The van der Waals surface area contributed by atoms with Crippen molar-refractivity contribution in [3.05, 3.63) is 106 Å². The number of nitriles is 2. The number of benzene rings is 2. The third-order valence-corrected chi connectivity index (χ3v) is 4.89. The number of carbonyl (C=O) groups excluding carboxylic acids is 1. The molecule has 1 heterocycles. The van der Waals surface area contributed by atoms with Gasteiger partial charge in [-0.3, -0.25) is 4.79 Å². The fraction of sp³-hybridized carbons (Fsp3) is 0.0417. The van der Waals surface area contributed by atoms with Gasteiger partial charge in [0.25, 0.3) is 0 Å². The van der Waals surface area contributed by atoms with Crippen molar-refractivity contribution in [3.63, 3.8) is 0 Å². The molecule has 0 bridgehead atoms. The van der Waals surface area contributed by atoms with Crippen LogP contribution in [0.2, 0.25) is 0 Å². The van der Waals surface area contributed by atoms with Crippen molar-refractivity contribution >= 4 is 27.8 Å². The maximum Gasteiger partial charge on any atom is 0.209 e. The van der Waals surface area contributed by atoms with E-state index in [2.05, 4.69) is 15.9 Å². The second-order valence-electron chi connectivity index (χ2n) is 6.19. The Hall–Kier alpha value is -3.87. The van der Waals surface area contributed by atoms with Crippen molar-refractivity contribution in [2.45, 2.75) is 0 Å². The van der Waals surface area contributed by atoms with Crippen LogP contribution in [0.25, 0.3) is 6.08 Å². The molecule has 0 saturated heterocycles. The summed E-state index contributed by atoms with van der Waals surface area (Å²) in [6, 6.07) is 18.1. The van der Waals surface area contributed by atoms with Crippen LogP contribution in [0.5, 0.6) is 5.75 Å². The van der Waals surface area contributed by atoms with Crippen LogP contribution < -0.4 is 4.74 Å². The number of halogens is 1. The Morgan fingerprint density at radius 1 is 1.03 bits per heavy atom. The highest BCUT2D eigenvalue weighted by atomic mass is 79.9. The summed E-state index contributed by atoms with van der Waals surface area (Å²) in [5.41, 5.74) is 1.82. The number of ether oxygens (including phenoxy) is 1. The first-order valence-electron chi connectivity index (χ1n) is 8.92. The van der Waals surface area contributed by atoms with Gasteiger partial charge in [-0.15, -0.1) is 0 Å². The lowest BCUT2D eigenvalue weighted by atomic mass is 10.0. The van der Waals surface area contributed by atoms with Crippen LogP contribution >= 0.6 is 15.9 Å². The second-order valence-corrected chi connectivity index (χ2v) is 7.11. The zero-order chi connectivity index (χ0) is 21.5. The Labute approximate surface area is 183 Å². The third-order valence-electron chi connectivity index (χ3n) is 4.36. The van der Waals surface area contributed by atoms with Gasteiger partial charge in [0.15, 0.2) is 5.57 Å². The molecule has 3 rings (SSSR count). The SMILES string of the molecule is COc1ccc(/C=C(/C(=O)c2ccc(Br)cc2)N2C=CC=CC2=C(C#N)C#N)cc1. The highest BCUT2D eigenvalue weighted by Gasteiger charge is 2.23. The summed E-state index contributed by atoms with van der Waals surface area (Å²) in [7, 11) is 1.58. The number of nitrogens with zero attached hydrogens (tertiary/aromatic N) is 3. The van der Waals surface area contributed by atoms with E-state index in [1.807, 2.05) is 24.3 Å². The molecule has 0 aliphatic carbocycles. The van der Waals surface area contributed by atoms with Gasteiger partial charge in [0.1, 0.15) is 17.9 Å². The number of ketones is 1. The fourth-order valence-corrected chi connectivity index (χ4v) is 3.11. The first-order valence-corrected chi connectivity index (χ1v) is 9.71. The maximum atomic E-state index is 13.4. The lowest BCUT2D eigenvalue weighted by Gasteiger charge is -2.26. The Morgan fingerprint density at radius 3 is 2.30 bits per heavy atom. The molecule has 0 spiro atoms. The zero-order valence-corrected chi connectivity index (χ0v) is 17.6. The highest BCUT2D eigenvalue weighted by molar-refractivity contribution is 9.10. The predicted octanol–water partition coefficient (Wildman–Crippen LogP) is 5.37. The second kappa shape index (κ2) is 9.56. The smallest absolute Gasteiger partial charge is 0.209 e. The van der Waals surface area contributed by atoms with Crippen molar-refractivity contribution in [3.8, 4) is 17.9 Å². The van der Waals surface area contributed by atoms with Crippen molar-refractivity contribution in [1.29, 1.82) is 10.5 Å². The summed E-state index contributed by atoms with van der Waals surface area (Å²) in [5, 5.41) is 18.7. The summed E-state index contributed by atoms with van der Waals surface area (Å²) in [5.74, 6) is 0.455. The molecule has 6 heteroatoms. The Kier molecular flexibility index (Phi) is 6.64. The van der Waals surface area contributed by atoms with Crippen molar-refractivity contribution in [2.75, 3.05) is 7.11 Å². The fourth-order valence-electron chi connectivity index (χ4n) is 2.85. The van der Waals surface area contributed by atoms with Crippen molar-refractivity contribution in [1.82, 2.24) is 4.90 Å². The average Bonchev–Trinajstić information content (AvgIpc) is 2.79. The van der Waals surface area contributed by atoms with E-state index < -0.39 is 0 Å². The normalized spacial score (nSPS) is 12.9. The van der Waals surface area contributed by atoms with Crippen LogP contribution in [-0.2, 0) is 0 Å². The quantitative estimate of drug-likeness (QED) is 0.342. The van der Waals surface area contributed by atoms with E-state index >= 15 is 0 Å². The van der Waals surface area contributed by atoms with Crippen LogP contribution in [0.1, 0.15) is 15.9 Å². The van der Waals surface area contributed by atoms with E-state index in [-0.39, 0.29) is 11.4 Å². The average molecular weight is 458 g/mol. The molecule has 0 fully saturated rings. The van der Waals surface area contributed by atoms with E-state index in [1.54, 1.807) is 78.9 Å². The Morgan fingerprint density at radius 2 is 1.70 bits per heavy atom.